The third-order valence-corrected chi connectivity index (χ3v) is 11.2. The standard InChI is InChI=1S/C27H38O3Si/c1-21-24(20-28-18-22-13-9-7-10-14-22)17-25(30-31(5,6)27(2,3)4)26(21)29-19-23-15-11-8-12-16-23/h7-16,25-26H,17-20H2,1-6H3/t25-,26-/m1/s1. The van der Waals surface area contributed by atoms with Crippen molar-refractivity contribution >= 4 is 8.32 Å². The van der Waals surface area contributed by atoms with Crippen LogP contribution in [-0.2, 0) is 27.1 Å². The van der Waals surface area contributed by atoms with Gasteiger partial charge >= 0.3 is 0 Å². The highest BCUT2D eigenvalue weighted by Crippen LogP contribution is 2.41. The molecule has 1 aliphatic carbocycles. The van der Waals surface area contributed by atoms with Crippen LogP contribution >= 0.6 is 0 Å². The van der Waals surface area contributed by atoms with Gasteiger partial charge in [0.05, 0.1) is 25.9 Å². The average molecular weight is 439 g/mol. The Bertz CT molecular complexity index is 853. The van der Waals surface area contributed by atoms with E-state index in [9.17, 15) is 0 Å². The lowest BCUT2D eigenvalue weighted by Gasteiger charge is -2.40. The summed E-state index contributed by atoms with van der Waals surface area (Å²) in [6.07, 6.45) is 0.914. The highest BCUT2D eigenvalue weighted by Gasteiger charge is 2.43. The van der Waals surface area contributed by atoms with E-state index in [0.29, 0.717) is 19.8 Å². The normalized spacial score (nSPS) is 19.8. The zero-order valence-corrected chi connectivity index (χ0v) is 21.0. The van der Waals surface area contributed by atoms with E-state index in [-0.39, 0.29) is 17.2 Å². The lowest BCUT2D eigenvalue weighted by Crippen LogP contribution is -2.46. The molecule has 4 heteroatoms. The Hall–Kier alpha value is -1.72. The number of ether oxygens (including phenoxy) is 2. The number of hydrogen-bond donors (Lipinski definition) is 0. The first-order valence-electron chi connectivity index (χ1n) is 11.3. The molecule has 2 aromatic carbocycles. The van der Waals surface area contributed by atoms with Crippen LogP contribution in [0.15, 0.2) is 71.8 Å². The molecule has 3 rings (SSSR count). The summed E-state index contributed by atoms with van der Waals surface area (Å²) in [5.74, 6) is 0. The fourth-order valence-corrected chi connectivity index (χ4v) is 5.00. The number of rotatable bonds is 9. The summed E-state index contributed by atoms with van der Waals surface area (Å²) in [6.45, 7) is 15.5. The molecule has 0 saturated heterocycles. The third-order valence-electron chi connectivity index (χ3n) is 6.68. The Morgan fingerprint density at radius 2 is 1.39 bits per heavy atom. The van der Waals surface area contributed by atoms with Crippen molar-refractivity contribution in [1.82, 2.24) is 0 Å². The van der Waals surface area contributed by atoms with Crippen molar-refractivity contribution < 1.29 is 13.9 Å². The van der Waals surface area contributed by atoms with Crippen molar-refractivity contribution in [3.8, 4) is 0 Å². The Kier molecular flexibility index (Phi) is 7.92. The van der Waals surface area contributed by atoms with Gasteiger partial charge in [-0.25, -0.2) is 0 Å². The van der Waals surface area contributed by atoms with Crippen LogP contribution in [-0.4, -0.2) is 27.1 Å². The smallest absolute Gasteiger partial charge is 0.192 e. The second kappa shape index (κ2) is 10.3. The molecule has 1 aliphatic rings. The summed E-state index contributed by atoms with van der Waals surface area (Å²) in [7, 11) is -1.91. The summed E-state index contributed by atoms with van der Waals surface area (Å²) >= 11 is 0. The average Bonchev–Trinajstić information content (AvgIpc) is 3.01. The molecule has 168 valence electrons. The van der Waals surface area contributed by atoms with Gasteiger partial charge < -0.3 is 13.9 Å². The maximum atomic E-state index is 6.85. The van der Waals surface area contributed by atoms with Gasteiger partial charge in [-0.2, -0.15) is 0 Å². The predicted molar refractivity (Wildman–Crippen MR) is 131 cm³/mol. The zero-order chi connectivity index (χ0) is 22.5. The van der Waals surface area contributed by atoms with Gasteiger partial charge in [0.15, 0.2) is 8.32 Å². The number of hydrogen-bond acceptors (Lipinski definition) is 3. The van der Waals surface area contributed by atoms with Gasteiger partial charge in [-0.3, -0.25) is 0 Å². The molecule has 3 nitrogen and oxygen atoms in total. The van der Waals surface area contributed by atoms with Gasteiger partial charge in [0.2, 0.25) is 0 Å². The Morgan fingerprint density at radius 1 is 0.839 bits per heavy atom. The maximum Gasteiger partial charge on any atom is 0.192 e. The molecule has 2 aromatic rings. The maximum absolute atomic E-state index is 6.85. The van der Waals surface area contributed by atoms with Crippen LogP contribution in [0.4, 0.5) is 0 Å². The van der Waals surface area contributed by atoms with Crippen molar-refractivity contribution in [2.45, 2.75) is 77.7 Å². The molecule has 31 heavy (non-hydrogen) atoms. The fraction of sp³-hybridized carbons (Fsp3) is 0.481. The van der Waals surface area contributed by atoms with Crippen molar-refractivity contribution in [1.29, 1.82) is 0 Å². The first kappa shape index (κ1) is 23.9. The number of benzene rings is 2. The quantitative estimate of drug-likeness (QED) is 0.315. The summed E-state index contributed by atoms with van der Waals surface area (Å²) in [4.78, 5) is 0. The largest absolute Gasteiger partial charge is 0.411 e. The van der Waals surface area contributed by atoms with E-state index < -0.39 is 8.32 Å². The minimum Gasteiger partial charge on any atom is -0.411 e. The SMILES string of the molecule is CC1=C(COCc2ccccc2)C[C@@H](O[Si](C)(C)C(C)(C)C)[C@@H]1OCc1ccccc1. The Balaban J connectivity index is 1.69. The van der Waals surface area contributed by atoms with Crippen LogP contribution in [0, 0.1) is 0 Å². The molecule has 0 heterocycles. The van der Waals surface area contributed by atoms with Crippen LogP contribution in [0.25, 0.3) is 0 Å². The predicted octanol–water partition coefficient (Wildman–Crippen LogP) is 6.90. The van der Waals surface area contributed by atoms with Gasteiger partial charge in [-0.05, 0) is 53.7 Å². The van der Waals surface area contributed by atoms with Crippen LogP contribution in [0.3, 0.4) is 0 Å². The van der Waals surface area contributed by atoms with Crippen molar-refractivity contribution in [3.05, 3.63) is 82.9 Å². The van der Waals surface area contributed by atoms with Crippen molar-refractivity contribution in [2.24, 2.45) is 0 Å². The lowest BCUT2D eigenvalue weighted by molar-refractivity contribution is -0.00934. The Morgan fingerprint density at radius 3 is 1.94 bits per heavy atom. The van der Waals surface area contributed by atoms with Crippen LogP contribution in [0.1, 0.15) is 45.2 Å². The summed E-state index contributed by atoms with van der Waals surface area (Å²) in [6, 6.07) is 20.7. The summed E-state index contributed by atoms with van der Waals surface area (Å²) < 4.78 is 19.4. The van der Waals surface area contributed by atoms with Gasteiger partial charge in [0, 0.05) is 0 Å². The van der Waals surface area contributed by atoms with Gasteiger partial charge in [0.1, 0.15) is 6.10 Å². The minimum atomic E-state index is -1.91. The van der Waals surface area contributed by atoms with Crippen LogP contribution in [0.5, 0.6) is 0 Å². The van der Waals surface area contributed by atoms with Crippen LogP contribution < -0.4 is 0 Å². The molecule has 2 atom stereocenters. The minimum absolute atomic E-state index is 0.0235. The fourth-order valence-electron chi connectivity index (χ4n) is 3.68. The van der Waals surface area contributed by atoms with E-state index in [0.717, 1.165) is 6.42 Å². The molecule has 0 unspecified atom stereocenters. The molecule has 0 aromatic heterocycles. The van der Waals surface area contributed by atoms with E-state index >= 15 is 0 Å². The van der Waals surface area contributed by atoms with E-state index in [1.165, 1.54) is 22.3 Å². The summed E-state index contributed by atoms with van der Waals surface area (Å²) in [5, 5.41) is 0.164. The third kappa shape index (κ3) is 6.39. The molecule has 0 aliphatic heterocycles. The summed E-state index contributed by atoms with van der Waals surface area (Å²) in [5.41, 5.74) is 4.98. The zero-order valence-electron chi connectivity index (χ0n) is 20.0. The second-order valence-corrected chi connectivity index (χ2v) is 14.9. The molecule has 0 bridgehead atoms. The van der Waals surface area contributed by atoms with Crippen molar-refractivity contribution in [2.75, 3.05) is 6.61 Å². The molecule has 0 saturated carbocycles. The van der Waals surface area contributed by atoms with Gasteiger partial charge in [0.25, 0.3) is 0 Å². The highest BCUT2D eigenvalue weighted by atomic mass is 28.4. The van der Waals surface area contributed by atoms with E-state index in [1.54, 1.807) is 0 Å². The van der Waals surface area contributed by atoms with E-state index in [2.05, 4.69) is 89.3 Å². The first-order valence-corrected chi connectivity index (χ1v) is 14.2. The first-order chi connectivity index (χ1) is 14.7. The molecule has 0 N–H and O–H groups in total. The highest BCUT2D eigenvalue weighted by molar-refractivity contribution is 6.74. The van der Waals surface area contributed by atoms with Gasteiger partial charge in [-0.1, -0.05) is 81.4 Å². The molecule has 0 fully saturated rings. The molecule has 0 amide bonds. The molecular formula is C27H38O3Si. The lowest BCUT2D eigenvalue weighted by atomic mass is 10.1. The molecular weight excluding hydrogens is 400 g/mol. The van der Waals surface area contributed by atoms with E-state index in [4.69, 9.17) is 13.9 Å². The monoisotopic (exact) mass is 438 g/mol. The topological polar surface area (TPSA) is 27.7 Å². The van der Waals surface area contributed by atoms with E-state index in [1.807, 2.05) is 12.1 Å². The van der Waals surface area contributed by atoms with Crippen LogP contribution in [0.2, 0.25) is 18.1 Å². The Labute approximate surface area is 189 Å². The second-order valence-electron chi connectivity index (χ2n) is 10.1. The van der Waals surface area contributed by atoms with Gasteiger partial charge in [-0.15, -0.1) is 0 Å². The molecule has 0 spiro atoms. The molecule has 0 radical (unpaired) electrons. The van der Waals surface area contributed by atoms with Crippen molar-refractivity contribution in [3.63, 3.8) is 0 Å².